The minimum absolute atomic E-state index is 0.203. The third-order valence-corrected chi connectivity index (χ3v) is 5.29. The number of nitrogens with one attached hydrogen (secondary N) is 2. The second-order valence-electron chi connectivity index (χ2n) is 7.07. The number of hydrogen-bond donors (Lipinski definition) is 6. The number of aliphatic hydroxyl groups is 3. The van der Waals surface area contributed by atoms with Crippen molar-refractivity contribution in [3.8, 4) is 0 Å². The van der Waals surface area contributed by atoms with E-state index in [1.165, 1.54) is 30.2 Å². The summed E-state index contributed by atoms with van der Waals surface area (Å²) in [6, 6.07) is 0.307. The van der Waals surface area contributed by atoms with Gasteiger partial charge in [-0.05, 0) is 12.8 Å². The monoisotopic (exact) mass is 379 g/mol. The molecular weight excluding hydrogens is 354 g/mol. The fourth-order valence-corrected chi connectivity index (χ4v) is 3.82. The van der Waals surface area contributed by atoms with Crippen LogP contribution in [0.4, 0.5) is 11.8 Å². The van der Waals surface area contributed by atoms with Crippen molar-refractivity contribution < 1.29 is 20.1 Å². The lowest BCUT2D eigenvalue weighted by molar-refractivity contribution is -0.0511. The van der Waals surface area contributed by atoms with Gasteiger partial charge in [0.25, 0.3) is 0 Å². The molecule has 1 saturated heterocycles. The zero-order valence-electron chi connectivity index (χ0n) is 14.8. The van der Waals surface area contributed by atoms with Gasteiger partial charge in [0.15, 0.2) is 23.2 Å². The molecule has 2 fully saturated rings. The number of ether oxygens (including phenoxy) is 1. The molecule has 0 aromatic carbocycles. The van der Waals surface area contributed by atoms with Gasteiger partial charge in [-0.25, -0.2) is 10.8 Å². The molecule has 11 heteroatoms. The van der Waals surface area contributed by atoms with E-state index in [-0.39, 0.29) is 5.95 Å². The van der Waals surface area contributed by atoms with Gasteiger partial charge < -0.3 is 25.4 Å². The lowest BCUT2D eigenvalue weighted by atomic mass is 9.95. The molecule has 0 unspecified atom stereocenters. The van der Waals surface area contributed by atoms with Crippen LogP contribution in [-0.4, -0.2) is 65.8 Å². The van der Waals surface area contributed by atoms with E-state index in [1.807, 2.05) is 0 Å². The van der Waals surface area contributed by atoms with Gasteiger partial charge in [-0.1, -0.05) is 19.3 Å². The predicted molar refractivity (Wildman–Crippen MR) is 96.6 cm³/mol. The van der Waals surface area contributed by atoms with E-state index in [4.69, 9.17) is 10.6 Å². The van der Waals surface area contributed by atoms with Gasteiger partial charge in [0.2, 0.25) is 5.95 Å². The van der Waals surface area contributed by atoms with Crippen molar-refractivity contribution in [2.75, 3.05) is 17.3 Å². The molecule has 1 saturated carbocycles. The Balaban J connectivity index is 1.70. The molecule has 7 N–H and O–H groups in total. The van der Waals surface area contributed by atoms with Crippen LogP contribution in [0.3, 0.4) is 0 Å². The summed E-state index contributed by atoms with van der Waals surface area (Å²) in [6.45, 7) is -0.402. The molecule has 2 aromatic heterocycles. The average molecular weight is 379 g/mol. The fraction of sp³-hybridized carbons (Fsp3) is 0.688. The Hall–Kier alpha value is -2.05. The molecule has 148 valence electrons. The second-order valence-corrected chi connectivity index (χ2v) is 7.07. The third kappa shape index (κ3) is 3.32. The first-order chi connectivity index (χ1) is 13.1. The summed E-state index contributed by atoms with van der Waals surface area (Å²) in [4.78, 5) is 13.1. The fourth-order valence-electron chi connectivity index (χ4n) is 3.82. The molecule has 1 aliphatic heterocycles. The number of aliphatic hydroxyl groups excluding tert-OH is 3. The van der Waals surface area contributed by atoms with Crippen molar-refractivity contribution in [3.05, 3.63) is 6.33 Å². The van der Waals surface area contributed by atoms with Crippen LogP contribution in [0.15, 0.2) is 6.33 Å². The number of hydrazine groups is 1. The van der Waals surface area contributed by atoms with Crippen LogP contribution in [0, 0.1) is 0 Å². The number of hydrogen-bond acceptors (Lipinski definition) is 10. The van der Waals surface area contributed by atoms with Crippen LogP contribution < -0.4 is 16.6 Å². The molecule has 3 heterocycles. The Labute approximate surface area is 155 Å². The molecular formula is C16H25N7O4. The van der Waals surface area contributed by atoms with Crippen LogP contribution in [0.5, 0.6) is 0 Å². The maximum atomic E-state index is 10.3. The zero-order valence-corrected chi connectivity index (χ0v) is 14.8. The molecule has 0 amide bonds. The molecule has 0 spiro atoms. The van der Waals surface area contributed by atoms with Gasteiger partial charge in [0.05, 0.1) is 12.9 Å². The van der Waals surface area contributed by atoms with Crippen molar-refractivity contribution in [3.63, 3.8) is 0 Å². The second kappa shape index (κ2) is 7.52. The highest BCUT2D eigenvalue weighted by molar-refractivity contribution is 5.84. The van der Waals surface area contributed by atoms with Crippen LogP contribution in [0.1, 0.15) is 38.3 Å². The lowest BCUT2D eigenvalue weighted by Gasteiger charge is -2.23. The number of nitrogens with two attached hydrogens (primary N) is 1. The van der Waals surface area contributed by atoms with Crippen molar-refractivity contribution >= 4 is 22.9 Å². The minimum atomic E-state index is -1.22. The van der Waals surface area contributed by atoms with Gasteiger partial charge in [-0.3, -0.25) is 9.99 Å². The first-order valence-electron chi connectivity index (χ1n) is 9.22. The number of aromatic nitrogens is 4. The summed E-state index contributed by atoms with van der Waals surface area (Å²) in [5.41, 5.74) is 3.38. The molecule has 0 bridgehead atoms. The normalized spacial score (nSPS) is 29.3. The van der Waals surface area contributed by atoms with Crippen molar-refractivity contribution in [1.29, 1.82) is 0 Å². The summed E-state index contributed by atoms with van der Waals surface area (Å²) in [5, 5.41) is 33.1. The summed E-state index contributed by atoms with van der Waals surface area (Å²) in [6.07, 6.45) is 2.96. The number of rotatable bonds is 5. The number of fused-ring (bicyclic) bond motifs is 1. The quantitative estimate of drug-likeness (QED) is 0.294. The van der Waals surface area contributed by atoms with Gasteiger partial charge >= 0.3 is 0 Å². The van der Waals surface area contributed by atoms with E-state index < -0.39 is 31.1 Å². The SMILES string of the molecule is NNc1nc(NC2CCCCC2)c2ncn([C@@H]3O[C@H](CO)[C@H](O)[C@@H]3O)c2n1. The van der Waals surface area contributed by atoms with Crippen LogP contribution >= 0.6 is 0 Å². The average Bonchev–Trinajstić information content (AvgIpc) is 3.24. The summed E-state index contributed by atoms with van der Waals surface area (Å²) >= 11 is 0. The highest BCUT2D eigenvalue weighted by Gasteiger charge is 2.44. The number of nitrogen functional groups attached to an aromatic ring is 1. The molecule has 0 radical (unpaired) electrons. The van der Waals surface area contributed by atoms with Gasteiger partial charge in [0.1, 0.15) is 18.3 Å². The van der Waals surface area contributed by atoms with Crippen LogP contribution in [0.2, 0.25) is 0 Å². The number of anilines is 2. The Morgan fingerprint density at radius 2 is 1.96 bits per heavy atom. The topological polar surface area (TPSA) is 164 Å². The highest BCUT2D eigenvalue weighted by atomic mass is 16.6. The lowest BCUT2D eigenvalue weighted by Crippen LogP contribution is -2.33. The van der Waals surface area contributed by atoms with E-state index in [2.05, 4.69) is 25.7 Å². The maximum Gasteiger partial charge on any atom is 0.241 e. The molecule has 1 aliphatic carbocycles. The third-order valence-electron chi connectivity index (χ3n) is 5.29. The molecule has 2 aromatic rings. The molecule has 27 heavy (non-hydrogen) atoms. The van der Waals surface area contributed by atoms with Crippen molar-refractivity contribution in [2.45, 2.75) is 62.7 Å². The van der Waals surface area contributed by atoms with Crippen LogP contribution in [0.25, 0.3) is 11.2 Å². The summed E-state index contributed by atoms with van der Waals surface area (Å²) in [5.74, 6) is 6.29. The van der Waals surface area contributed by atoms with E-state index in [1.54, 1.807) is 0 Å². The smallest absolute Gasteiger partial charge is 0.241 e. The Morgan fingerprint density at radius 3 is 2.63 bits per heavy atom. The van der Waals surface area contributed by atoms with E-state index in [0.29, 0.717) is 23.0 Å². The van der Waals surface area contributed by atoms with Crippen LogP contribution in [-0.2, 0) is 4.74 Å². The maximum absolute atomic E-state index is 10.3. The minimum Gasteiger partial charge on any atom is -0.394 e. The zero-order chi connectivity index (χ0) is 19.0. The Morgan fingerprint density at radius 1 is 1.19 bits per heavy atom. The van der Waals surface area contributed by atoms with E-state index in [0.717, 1.165) is 12.8 Å². The van der Waals surface area contributed by atoms with Gasteiger partial charge in [-0.2, -0.15) is 9.97 Å². The summed E-state index contributed by atoms with van der Waals surface area (Å²) < 4.78 is 7.11. The van der Waals surface area contributed by atoms with Crippen molar-refractivity contribution in [2.24, 2.45) is 5.84 Å². The Bertz CT molecular complexity index is 794. The molecule has 4 atom stereocenters. The Kier molecular flexibility index (Phi) is 5.10. The predicted octanol–water partition coefficient (Wildman–Crippen LogP) is -0.532. The highest BCUT2D eigenvalue weighted by Crippen LogP contribution is 2.33. The van der Waals surface area contributed by atoms with E-state index >= 15 is 0 Å². The van der Waals surface area contributed by atoms with Crippen molar-refractivity contribution in [1.82, 2.24) is 19.5 Å². The first kappa shape index (κ1) is 18.3. The first-order valence-corrected chi connectivity index (χ1v) is 9.22. The number of imidazole rings is 1. The van der Waals surface area contributed by atoms with Gasteiger partial charge in [0, 0.05) is 6.04 Å². The van der Waals surface area contributed by atoms with E-state index in [9.17, 15) is 15.3 Å². The molecule has 4 rings (SSSR count). The molecule has 2 aliphatic rings. The summed E-state index contributed by atoms with van der Waals surface area (Å²) in [7, 11) is 0. The largest absolute Gasteiger partial charge is 0.394 e. The van der Waals surface area contributed by atoms with Gasteiger partial charge in [-0.15, -0.1) is 0 Å². The number of nitrogens with zero attached hydrogens (tertiary/aromatic N) is 4. The molecule has 11 nitrogen and oxygen atoms in total. The standard InChI is InChI=1S/C16H25N7O4/c17-22-16-20-13(19-8-4-2-1-3-5-8)10-14(21-16)23(7-18-10)15-12(26)11(25)9(6-24)27-15/h7-9,11-12,15,24-26H,1-6,17H2,(H2,19,20,21,22)/t9-,11+,12+,15-/m1/s1.